The molecule has 1 spiro atoms. The third-order valence-electron chi connectivity index (χ3n) is 8.30. The number of allylic oxidation sites excluding steroid dienone is 6. The number of nitrogens with zero attached hydrogens (tertiary/aromatic N) is 2. The van der Waals surface area contributed by atoms with Gasteiger partial charge in [-0.3, -0.25) is 0 Å². The Kier molecular flexibility index (Phi) is 4.11. The smallest absolute Gasteiger partial charge is 0.105 e. The minimum absolute atomic E-state index is 0.0194. The predicted molar refractivity (Wildman–Crippen MR) is 126 cm³/mol. The van der Waals surface area contributed by atoms with E-state index in [2.05, 4.69) is 36.4 Å². The second-order valence-corrected chi connectivity index (χ2v) is 10.3. The summed E-state index contributed by atoms with van der Waals surface area (Å²) in [4.78, 5) is 0. The molecule has 0 N–H and O–H groups in total. The van der Waals surface area contributed by atoms with E-state index in [4.69, 9.17) is 23.2 Å². The maximum absolute atomic E-state index is 10.7. The molecule has 0 bridgehead atoms. The molecule has 4 heteroatoms. The molecule has 2 aromatic rings. The van der Waals surface area contributed by atoms with Crippen molar-refractivity contribution in [2.24, 2.45) is 16.2 Å². The fourth-order valence-electron chi connectivity index (χ4n) is 6.94. The molecule has 0 saturated heterocycles. The highest BCUT2D eigenvalue weighted by molar-refractivity contribution is 6.30. The van der Waals surface area contributed by atoms with E-state index in [0.29, 0.717) is 10.0 Å². The minimum atomic E-state index is -0.751. The molecule has 1 fully saturated rings. The summed E-state index contributed by atoms with van der Waals surface area (Å²) in [5.74, 6) is 0.161. The Morgan fingerprint density at radius 3 is 2.00 bits per heavy atom. The number of rotatable bonds is 2. The van der Waals surface area contributed by atoms with Gasteiger partial charge in [0.1, 0.15) is 5.41 Å². The molecule has 0 aromatic heterocycles. The highest BCUT2D eigenvalue weighted by atomic mass is 35.5. The molecule has 1 unspecified atom stereocenters. The van der Waals surface area contributed by atoms with Crippen LogP contribution in [0.25, 0.3) is 0 Å². The van der Waals surface area contributed by atoms with Crippen molar-refractivity contribution in [2.45, 2.75) is 31.1 Å². The van der Waals surface area contributed by atoms with Gasteiger partial charge in [-0.25, -0.2) is 0 Å². The molecule has 6 rings (SSSR count). The number of hydrogen-bond acceptors (Lipinski definition) is 2. The van der Waals surface area contributed by atoms with Crippen LogP contribution < -0.4 is 0 Å². The average molecular weight is 455 g/mol. The van der Waals surface area contributed by atoms with Crippen LogP contribution >= 0.6 is 23.2 Å². The predicted octanol–water partition coefficient (Wildman–Crippen LogP) is 7.50. The van der Waals surface area contributed by atoms with E-state index in [0.717, 1.165) is 24.8 Å². The summed E-state index contributed by atoms with van der Waals surface area (Å²) in [6.07, 6.45) is 11.0. The molecule has 0 aliphatic heterocycles. The fraction of sp³-hybridized carbons (Fsp3) is 0.286. The van der Waals surface area contributed by atoms with Crippen LogP contribution in [0.2, 0.25) is 10.0 Å². The highest BCUT2D eigenvalue weighted by Crippen LogP contribution is 2.79. The summed E-state index contributed by atoms with van der Waals surface area (Å²) < 4.78 is 0. The van der Waals surface area contributed by atoms with Crippen molar-refractivity contribution in [1.29, 1.82) is 10.5 Å². The lowest BCUT2D eigenvalue weighted by molar-refractivity contribution is 0.0337. The van der Waals surface area contributed by atoms with Crippen LogP contribution in [0.4, 0.5) is 0 Å². The third kappa shape index (κ3) is 2.25. The molecule has 5 atom stereocenters. The quantitative estimate of drug-likeness (QED) is 0.440. The van der Waals surface area contributed by atoms with Crippen molar-refractivity contribution in [3.05, 3.63) is 105 Å². The second-order valence-electron chi connectivity index (χ2n) is 9.47. The van der Waals surface area contributed by atoms with E-state index in [9.17, 15) is 10.5 Å². The van der Waals surface area contributed by atoms with Crippen molar-refractivity contribution < 1.29 is 0 Å². The summed E-state index contributed by atoms with van der Waals surface area (Å²) in [5.41, 5.74) is 2.92. The van der Waals surface area contributed by atoms with Gasteiger partial charge in [-0.1, -0.05) is 77.3 Å². The monoisotopic (exact) mass is 454 g/mol. The molecular weight excluding hydrogens is 435 g/mol. The SMILES string of the molecule is N#C[C@]12C=C[C@]3(C#N)CC(c4ccc(Cl)cc4)[C@@]34C=CCC(=C14)C[C@H]2c1ccc(Cl)cc1. The first-order chi connectivity index (χ1) is 15.5. The molecule has 0 amide bonds. The van der Waals surface area contributed by atoms with Gasteiger partial charge in [-0.2, -0.15) is 10.5 Å². The Balaban J connectivity index is 1.57. The lowest BCUT2D eigenvalue weighted by atomic mass is 9.35. The van der Waals surface area contributed by atoms with E-state index in [-0.39, 0.29) is 11.8 Å². The Morgan fingerprint density at radius 2 is 1.41 bits per heavy atom. The van der Waals surface area contributed by atoms with E-state index in [1.165, 1.54) is 16.7 Å². The van der Waals surface area contributed by atoms with Gasteiger partial charge in [0, 0.05) is 27.3 Å². The van der Waals surface area contributed by atoms with Gasteiger partial charge >= 0.3 is 0 Å². The molecule has 1 saturated carbocycles. The molecule has 4 aliphatic carbocycles. The standard InChI is InChI=1S/C28H20Cl2N2/c29-21-7-3-18(4-8-21)23-14-20-2-1-11-28-24(19-5-9-22(30)10-6-19)15-26(28,16-31)12-13-27(23,17-32)25(20)28/h1,3-13,23-24H,2,14-15H2/t23-,24?,26+,27-,28+/m0/s1. The van der Waals surface area contributed by atoms with Gasteiger partial charge in [0.2, 0.25) is 0 Å². The largest absolute Gasteiger partial charge is 0.197 e. The lowest BCUT2D eigenvalue weighted by Gasteiger charge is -2.65. The van der Waals surface area contributed by atoms with E-state index in [1.807, 2.05) is 48.6 Å². The summed E-state index contributed by atoms with van der Waals surface area (Å²) in [6, 6.07) is 21.3. The van der Waals surface area contributed by atoms with Gasteiger partial charge in [-0.15, -0.1) is 0 Å². The van der Waals surface area contributed by atoms with Gasteiger partial charge in [0.25, 0.3) is 0 Å². The third-order valence-corrected chi connectivity index (χ3v) is 8.80. The number of benzene rings is 2. The Morgan fingerprint density at radius 1 is 0.781 bits per heavy atom. The van der Waals surface area contributed by atoms with E-state index >= 15 is 0 Å². The molecular formula is C28H20Cl2N2. The lowest BCUT2D eigenvalue weighted by Crippen LogP contribution is -2.60. The van der Waals surface area contributed by atoms with Gasteiger partial charge in [-0.05, 0) is 60.2 Å². The molecule has 32 heavy (non-hydrogen) atoms. The Hall–Kier alpha value is -2.78. The summed E-state index contributed by atoms with van der Waals surface area (Å²) in [5, 5.41) is 22.5. The summed E-state index contributed by atoms with van der Waals surface area (Å²) in [7, 11) is 0. The van der Waals surface area contributed by atoms with Gasteiger partial charge in [0.15, 0.2) is 0 Å². The Labute approximate surface area is 198 Å². The first-order valence-corrected chi connectivity index (χ1v) is 11.7. The van der Waals surface area contributed by atoms with Crippen LogP contribution in [0.5, 0.6) is 0 Å². The van der Waals surface area contributed by atoms with Crippen LogP contribution in [0.3, 0.4) is 0 Å². The van der Waals surface area contributed by atoms with Crippen molar-refractivity contribution in [1.82, 2.24) is 0 Å². The first kappa shape index (κ1) is 19.9. The van der Waals surface area contributed by atoms with Crippen molar-refractivity contribution in [3.8, 4) is 12.1 Å². The molecule has 156 valence electrons. The zero-order valence-electron chi connectivity index (χ0n) is 17.4. The molecule has 0 radical (unpaired) electrons. The fourth-order valence-corrected chi connectivity index (χ4v) is 7.19. The second kappa shape index (κ2) is 6.62. The number of nitriles is 2. The molecule has 0 heterocycles. The Bertz CT molecular complexity index is 1310. The van der Waals surface area contributed by atoms with Crippen molar-refractivity contribution >= 4 is 23.2 Å². The normalized spacial score (nSPS) is 36.0. The van der Waals surface area contributed by atoms with Crippen LogP contribution in [-0.2, 0) is 0 Å². The zero-order chi connectivity index (χ0) is 22.1. The first-order valence-electron chi connectivity index (χ1n) is 10.9. The summed E-state index contributed by atoms with van der Waals surface area (Å²) in [6.45, 7) is 0. The maximum atomic E-state index is 10.7. The topological polar surface area (TPSA) is 47.6 Å². The molecule has 4 aliphatic rings. The van der Waals surface area contributed by atoms with Crippen LogP contribution in [0.15, 0.2) is 84.0 Å². The summed E-state index contributed by atoms with van der Waals surface area (Å²) >= 11 is 12.3. The number of hydrogen-bond donors (Lipinski definition) is 0. The highest BCUT2D eigenvalue weighted by Gasteiger charge is 2.73. The molecule has 2 nitrogen and oxygen atoms in total. The van der Waals surface area contributed by atoms with Crippen LogP contribution in [0.1, 0.15) is 42.2 Å². The van der Waals surface area contributed by atoms with Gasteiger partial charge < -0.3 is 0 Å². The minimum Gasteiger partial charge on any atom is -0.197 e. The van der Waals surface area contributed by atoms with Crippen molar-refractivity contribution in [3.63, 3.8) is 0 Å². The maximum Gasteiger partial charge on any atom is 0.105 e. The van der Waals surface area contributed by atoms with E-state index < -0.39 is 16.2 Å². The number of halogens is 2. The van der Waals surface area contributed by atoms with E-state index in [1.54, 1.807) is 0 Å². The molecule has 2 aromatic carbocycles. The zero-order valence-corrected chi connectivity index (χ0v) is 18.9. The van der Waals surface area contributed by atoms with Crippen LogP contribution in [0, 0.1) is 38.9 Å². The average Bonchev–Trinajstić information content (AvgIpc) is 3.15. The van der Waals surface area contributed by atoms with Crippen LogP contribution in [-0.4, -0.2) is 0 Å². The van der Waals surface area contributed by atoms with Crippen molar-refractivity contribution in [2.75, 3.05) is 0 Å². The van der Waals surface area contributed by atoms with Gasteiger partial charge in [0.05, 0.1) is 17.6 Å².